The van der Waals surface area contributed by atoms with Gasteiger partial charge in [0.15, 0.2) is 12.4 Å². The Kier molecular flexibility index (Phi) is 5.51. The molecule has 152 valence electrons. The number of aromatic nitrogens is 4. The third-order valence-corrected chi connectivity index (χ3v) is 4.09. The van der Waals surface area contributed by atoms with E-state index in [1.807, 2.05) is 30.3 Å². The van der Waals surface area contributed by atoms with Crippen molar-refractivity contribution in [2.75, 3.05) is 6.61 Å². The summed E-state index contributed by atoms with van der Waals surface area (Å²) in [6.07, 6.45) is 1.59. The maximum atomic E-state index is 13.1. The van der Waals surface area contributed by atoms with Crippen molar-refractivity contribution in [3.8, 4) is 22.9 Å². The molecule has 0 amide bonds. The lowest BCUT2D eigenvalue weighted by Crippen LogP contribution is -2.09. The number of nitrogens with zero attached hydrogens (tertiary/aromatic N) is 4. The molecule has 4 rings (SSSR count). The second-order valence-corrected chi connectivity index (χ2v) is 6.15. The Hall–Kier alpha value is -4.01. The van der Waals surface area contributed by atoms with E-state index < -0.39 is 5.97 Å². The third-order valence-electron chi connectivity index (χ3n) is 4.09. The second kappa shape index (κ2) is 8.56. The van der Waals surface area contributed by atoms with Crippen molar-refractivity contribution in [3.63, 3.8) is 0 Å². The number of esters is 1. The summed E-state index contributed by atoms with van der Waals surface area (Å²) < 4.78 is 30.6. The minimum Gasteiger partial charge on any atom is -0.481 e. The van der Waals surface area contributed by atoms with Gasteiger partial charge in [0, 0.05) is 5.56 Å². The number of carbonyl (C=O) groups excluding carboxylic acids is 1. The number of para-hydroxylation sites is 1. The molecule has 0 aliphatic carbocycles. The zero-order chi connectivity index (χ0) is 20.9. The van der Waals surface area contributed by atoms with Crippen LogP contribution in [-0.4, -0.2) is 32.5 Å². The maximum absolute atomic E-state index is 13.1. The Morgan fingerprint density at radius 2 is 1.90 bits per heavy atom. The lowest BCUT2D eigenvalue weighted by molar-refractivity contribution is 0.0513. The van der Waals surface area contributed by atoms with Crippen molar-refractivity contribution in [2.45, 2.75) is 13.5 Å². The Morgan fingerprint density at radius 3 is 2.63 bits per heavy atom. The standard InChI is InChI=1S/C21H17FN4O4/c1-2-28-21(27)19-17(12-26(24-19)16-6-4-3-5-7-16)29-13-18-23-20(30-25-18)14-8-10-15(22)11-9-14/h3-12H,2,13H2,1H3. The predicted octanol–water partition coefficient (Wildman–Crippen LogP) is 3.82. The fraction of sp³-hybridized carbons (Fsp3) is 0.143. The topological polar surface area (TPSA) is 92.3 Å². The summed E-state index contributed by atoms with van der Waals surface area (Å²) in [7, 11) is 0. The molecule has 0 radical (unpaired) electrons. The second-order valence-electron chi connectivity index (χ2n) is 6.15. The number of carbonyl (C=O) groups is 1. The zero-order valence-electron chi connectivity index (χ0n) is 16.0. The lowest BCUT2D eigenvalue weighted by Gasteiger charge is -2.02. The first-order chi connectivity index (χ1) is 14.6. The Labute approximate surface area is 170 Å². The molecule has 0 saturated heterocycles. The van der Waals surface area contributed by atoms with Gasteiger partial charge in [0.25, 0.3) is 5.89 Å². The van der Waals surface area contributed by atoms with Crippen LogP contribution in [-0.2, 0) is 11.3 Å². The van der Waals surface area contributed by atoms with Crippen LogP contribution in [0.15, 0.2) is 65.3 Å². The summed E-state index contributed by atoms with van der Waals surface area (Å²) in [6.45, 7) is 1.86. The summed E-state index contributed by atoms with van der Waals surface area (Å²) in [5.41, 5.74) is 1.39. The highest BCUT2D eigenvalue weighted by Gasteiger charge is 2.21. The maximum Gasteiger partial charge on any atom is 0.362 e. The molecular formula is C21H17FN4O4. The van der Waals surface area contributed by atoms with Crippen LogP contribution in [0, 0.1) is 5.82 Å². The van der Waals surface area contributed by atoms with Crippen molar-refractivity contribution >= 4 is 5.97 Å². The number of benzene rings is 2. The molecule has 0 unspecified atom stereocenters. The minimum atomic E-state index is -0.595. The minimum absolute atomic E-state index is 0.0444. The molecule has 0 bridgehead atoms. The first-order valence-electron chi connectivity index (χ1n) is 9.17. The van der Waals surface area contributed by atoms with E-state index in [1.165, 1.54) is 28.9 Å². The van der Waals surface area contributed by atoms with Crippen LogP contribution in [0.1, 0.15) is 23.2 Å². The van der Waals surface area contributed by atoms with Gasteiger partial charge in [-0.1, -0.05) is 23.4 Å². The van der Waals surface area contributed by atoms with Crippen LogP contribution in [0.25, 0.3) is 17.1 Å². The molecule has 0 fully saturated rings. The summed E-state index contributed by atoms with van der Waals surface area (Å²) in [6, 6.07) is 15.0. The first kappa shape index (κ1) is 19.3. The highest BCUT2D eigenvalue weighted by molar-refractivity contribution is 5.90. The predicted molar refractivity (Wildman–Crippen MR) is 104 cm³/mol. The summed E-state index contributed by atoms with van der Waals surface area (Å²) in [4.78, 5) is 16.5. The molecule has 0 aliphatic heterocycles. The van der Waals surface area contributed by atoms with Gasteiger partial charge in [-0.15, -0.1) is 0 Å². The molecule has 9 heteroatoms. The normalized spacial score (nSPS) is 10.7. The van der Waals surface area contributed by atoms with E-state index in [0.29, 0.717) is 5.56 Å². The van der Waals surface area contributed by atoms with Crippen molar-refractivity contribution in [1.82, 2.24) is 19.9 Å². The Morgan fingerprint density at radius 1 is 1.13 bits per heavy atom. The third kappa shape index (κ3) is 4.19. The van der Waals surface area contributed by atoms with E-state index in [-0.39, 0.29) is 42.2 Å². The molecule has 0 spiro atoms. The number of hydrogen-bond donors (Lipinski definition) is 0. The highest BCUT2D eigenvalue weighted by Crippen LogP contribution is 2.23. The van der Waals surface area contributed by atoms with Gasteiger partial charge in [-0.3, -0.25) is 0 Å². The van der Waals surface area contributed by atoms with Gasteiger partial charge >= 0.3 is 5.97 Å². The fourth-order valence-electron chi connectivity index (χ4n) is 2.68. The number of rotatable bonds is 7. The smallest absolute Gasteiger partial charge is 0.362 e. The zero-order valence-corrected chi connectivity index (χ0v) is 16.0. The first-order valence-corrected chi connectivity index (χ1v) is 9.17. The quantitative estimate of drug-likeness (QED) is 0.429. The van der Waals surface area contributed by atoms with E-state index in [0.717, 1.165) is 5.69 Å². The molecule has 0 N–H and O–H groups in total. The molecule has 0 aliphatic rings. The molecule has 2 heterocycles. The van der Waals surface area contributed by atoms with Crippen LogP contribution < -0.4 is 4.74 Å². The molecule has 30 heavy (non-hydrogen) atoms. The number of ether oxygens (including phenoxy) is 2. The average molecular weight is 408 g/mol. The Bertz CT molecular complexity index is 1140. The van der Waals surface area contributed by atoms with Crippen molar-refractivity contribution in [2.24, 2.45) is 0 Å². The van der Waals surface area contributed by atoms with Gasteiger partial charge in [0.2, 0.25) is 11.5 Å². The Balaban J connectivity index is 1.54. The van der Waals surface area contributed by atoms with Gasteiger partial charge in [-0.25, -0.2) is 13.9 Å². The highest BCUT2D eigenvalue weighted by atomic mass is 19.1. The molecule has 0 atom stereocenters. The number of halogens is 1. The molecule has 8 nitrogen and oxygen atoms in total. The van der Waals surface area contributed by atoms with Crippen LogP contribution in [0.5, 0.6) is 5.75 Å². The van der Waals surface area contributed by atoms with E-state index in [2.05, 4.69) is 15.2 Å². The molecule has 4 aromatic rings. The van der Waals surface area contributed by atoms with Gasteiger partial charge in [0.1, 0.15) is 5.82 Å². The van der Waals surface area contributed by atoms with E-state index >= 15 is 0 Å². The van der Waals surface area contributed by atoms with Crippen molar-refractivity contribution in [3.05, 3.63) is 78.1 Å². The van der Waals surface area contributed by atoms with Gasteiger partial charge in [0.05, 0.1) is 18.5 Å². The molecule has 2 aromatic heterocycles. The van der Waals surface area contributed by atoms with Crippen LogP contribution in [0.3, 0.4) is 0 Å². The van der Waals surface area contributed by atoms with Gasteiger partial charge < -0.3 is 14.0 Å². The lowest BCUT2D eigenvalue weighted by atomic mass is 10.2. The molecule has 2 aromatic carbocycles. The fourth-order valence-corrected chi connectivity index (χ4v) is 2.68. The van der Waals surface area contributed by atoms with Gasteiger partial charge in [-0.2, -0.15) is 10.1 Å². The summed E-state index contributed by atoms with van der Waals surface area (Å²) >= 11 is 0. The van der Waals surface area contributed by atoms with Crippen LogP contribution in [0.2, 0.25) is 0 Å². The van der Waals surface area contributed by atoms with Crippen molar-refractivity contribution < 1.29 is 23.2 Å². The number of hydrogen-bond acceptors (Lipinski definition) is 7. The van der Waals surface area contributed by atoms with Crippen LogP contribution in [0.4, 0.5) is 4.39 Å². The largest absolute Gasteiger partial charge is 0.481 e. The molecule has 0 saturated carbocycles. The SMILES string of the molecule is CCOC(=O)c1nn(-c2ccccc2)cc1OCc1noc(-c2ccc(F)cc2)n1. The van der Waals surface area contributed by atoms with E-state index in [4.69, 9.17) is 14.0 Å². The van der Waals surface area contributed by atoms with Gasteiger partial charge in [-0.05, 0) is 43.3 Å². The van der Waals surface area contributed by atoms with E-state index in [9.17, 15) is 9.18 Å². The van der Waals surface area contributed by atoms with E-state index in [1.54, 1.807) is 13.1 Å². The van der Waals surface area contributed by atoms with Crippen LogP contribution >= 0.6 is 0 Å². The summed E-state index contributed by atoms with van der Waals surface area (Å²) in [5.74, 6) is -0.229. The molecular weight excluding hydrogens is 391 g/mol. The monoisotopic (exact) mass is 408 g/mol. The summed E-state index contributed by atoms with van der Waals surface area (Å²) in [5, 5.41) is 8.15. The average Bonchev–Trinajstić information content (AvgIpc) is 3.41. The van der Waals surface area contributed by atoms with Crippen molar-refractivity contribution in [1.29, 1.82) is 0 Å².